The van der Waals surface area contributed by atoms with Crippen LogP contribution >= 0.6 is 11.6 Å². The van der Waals surface area contributed by atoms with E-state index in [-0.39, 0.29) is 12.3 Å². The molecule has 0 radical (unpaired) electrons. The standard InChI is InChI=1S/C19H18ClN3O3/c1-2-25-16-10-6-5-9-15(16)21-17(24)11-12-18-22-23-19(26-18)13-7-3-4-8-14(13)20/h3-10H,2,11-12H2,1H3,(H,21,24). The zero-order valence-corrected chi connectivity index (χ0v) is 15.0. The summed E-state index contributed by atoms with van der Waals surface area (Å²) in [7, 11) is 0. The number of nitrogens with zero attached hydrogens (tertiary/aromatic N) is 2. The number of aromatic nitrogens is 2. The van der Waals surface area contributed by atoms with Gasteiger partial charge in [0.25, 0.3) is 0 Å². The fraction of sp³-hybridized carbons (Fsp3) is 0.211. The zero-order valence-electron chi connectivity index (χ0n) is 14.2. The number of amides is 1. The predicted octanol–water partition coefficient (Wildman–Crippen LogP) is 4.36. The number of para-hydroxylation sites is 2. The SMILES string of the molecule is CCOc1ccccc1NC(=O)CCc1nnc(-c2ccccc2Cl)o1. The number of anilines is 1. The number of benzene rings is 2. The van der Waals surface area contributed by atoms with Crippen LogP contribution in [0.5, 0.6) is 5.75 Å². The van der Waals surface area contributed by atoms with E-state index < -0.39 is 0 Å². The van der Waals surface area contributed by atoms with Crippen LogP contribution in [0.15, 0.2) is 52.9 Å². The Kier molecular flexibility index (Phi) is 5.86. The summed E-state index contributed by atoms with van der Waals surface area (Å²) in [5.41, 5.74) is 1.31. The highest BCUT2D eigenvalue weighted by Crippen LogP contribution is 2.27. The molecule has 2 aromatic carbocycles. The van der Waals surface area contributed by atoms with Crippen molar-refractivity contribution in [3.8, 4) is 17.2 Å². The Bertz CT molecular complexity index is 895. The molecule has 0 atom stereocenters. The molecule has 0 bridgehead atoms. The summed E-state index contributed by atoms with van der Waals surface area (Å²) in [6.45, 7) is 2.42. The summed E-state index contributed by atoms with van der Waals surface area (Å²) in [5, 5.41) is 11.3. The molecule has 0 aliphatic carbocycles. The largest absolute Gasteiger partial charge is 0.492 e. The van der Waals surface area contributed by atoms with Crippen LogP contribution in [0, 0.1) is 0 Å². The number of halogens is 1. The van der Waals surface area contributed by atoms with Gasteiger partial charge in [0.15, 0.2) is 0 Å². The van der Waals surface area contributed by atoms with Gasteiger partial charge in [-0.05, 0) is 31.2 Å². The average Bonchev–Trinajstić information content (AvgIpc) is 3.11. The van der Waals surface area contributed by atoms with Crippen molar-refractivity contribution in [3.05, 3.63) is 59.4 Å². The molecule has 0 saturated carbocycles. The molecule has 0 aliphatic rings. The molecule has 0 fully saturated rings. The monoisotopic (exact) mass is 371 g/mol. The lowest BCUT2D eigenvalue weighted by Crippen LogP contribution is -2.13. The number of carbonyl (C=O) groups is 1. The van der Waals surface area contributed by atoms with Crippen LogP contribution in [0.25, 0.3) is 11.5 Å². The van der Waals surface area contributed by atoms with Crippen LogP contribution in [0.4, 0.5) is 5.69 Å². The summed E-state index contributed by atoms with van der Waals surface area (Å²) < 4.78 is 11.1. The first-order chi connectivity index (χ1) is 12.7. The van der Waals surface area contributed by atoms with Gasteiger partial charge in [0, 0.05) is 12.8 Å². The van der Waals surface area contributed by atoms with Crippen LogP contribution < -0.4 is 10.1 Å². The molecule has 0 spiro atoms. The van der Waals surface area contributed by atoms with Gasteiger partial charge in [-0.1, -0.05) is 35.9 Å². The highest BCUT2D eigenvalue weighted by Gasteiger charge is 2.13. The third-order valence-electron chi connectivity index (χ3n) is 3.60. The molecule has 6 nitrogen and oxygen atoms in total. The van der Waals surface area contributed by atoms with Gasteiger partial charge in [-0.25, -0.2) is 0 Å². The maximum atomic E-state index is 12.2. The number of carbonyl (C=O) groups excluding carboxylic acids is 1. The van der Waals surface area contributed by atoms with E-state index in [0.717, 1.165) is 0 Å². The Morgan fingerprint density at radius 1 is 1.15 bits per heavy atom. The van der Waals surface area contributed by atoms with Crippen molar-refractivity contribution in [2.24, 2.45) is 0 Å². The highest BCUT2D eigenvalue weighted by molar-refractivity contribution is 6.33. The van der Waals surface area contributed by atoms with E-state index in [2.05, 4.69) is 15.5 Å². The number of nitrogens with one attached hydrogen (secondary N) is 1. The average molecular weight is 372 g/mol. The molecule has 26 heavy (non-hydrogen) atoms. The molecule has 3 rings (SSSR count). The zero-order chi connectivity index (χ0) is 18.4. The molecule has 7 heteroatoms. The summed E-state index contributed by atoms with van der Waals surface area (Å²) in [6.07, 6.45) is 0.546. The third kappa shape index (κ3) is 4.40. The molecule has 1 amide bonds. The number of hydrogen-bond acceptors (Lipinski definition) is 5. The fourth-order valence-corrected chi connectivity index (χ4v) is 2.60. The minimum Gasteiger partial charge on any atom is -0.492 e. The van der Waals surface area contributed by atoms with Gasteiger partial charge in [0.1, 0.15) is 5.75 Å². The Morgan fingerprint density at radius 3 is 2.73 bits per heavy atom. The van der Waals surface area contributed by atoms with E-state index in [1.165, 1.54) is 0 Å². The fourth-order valence-electron chi connectivity index (χ4n) is 2.38. The van der Waals surface area contributed by atoms with Gasteiger partial charge in [-0.15, -0.1) is 10.2 Å². The van der Waals surface area contributed by atoms with Gasteiger partial charge in [-0.3, -0.25) is 4.79 Å². The Morgan fingerprint density at radius 2 is 1.92 bits per heavy atom. The second-order valence-corrected chi connectivity index (χ2v) is 5.87. The first-order valence-electron chi connectivity index (χ1n) is 8.26. The van der Waals surface area contributed by atoms with Crippen molar-refractivity contribution in [1.29, 1.82) is 0 Å². The second kappa shape index (κ2) is 8.49. The molecule has 0 aliphatic heterocycles. The van der Waals surface area contributed by atoms with Crippen LogP contribution in [-0.4, -0.2) is 22.7 Å². The summed E-state index contributed by atoms with van der Waals surface area (Å²) in [6, 6.07) is 14.5. The van der Waals surface area contributed by atoms with E-state index in [1.54, 1.807) is 18.2 Å². The smallest absolute Gasteiger partial charge is 0.249 e. The molecule has 1 aromatic heterocycles. The highest BCUT2D eigenvalue weighted by atomic mass is 35.5. The predicted molar refractivity (Wildman–Crippen MR) is 99.3 cm³/mol. The molecule has 134 valence electrons. The molecule has 0 saturated heterocycles. The van der Waals surface area contributed by atoms with Gasteiger partial charge >= 0.3 is 0 Å². The number of rotatable bonds is 7. The maximum Gasteiger partial charge on any atom is 0.249 e. The minimum atomic E-state index is -0.158. The van der Waals surface area contributed by atoms with Gasteiger partial charge in [0.05, 0.1) is 22.9 Å². The Balaban J connectivity index is 1.60. The quantitative estimate of drug-likeness (QED) is 0.667. The Hall–Kier alpha value is -2.86. The van der Waals surface area contributed by atoms with Crippen molar-refractivity contribution in [3.63, 3.8) is 0 Å². The van der Waals surface area contributed by atoms with Gasteiger partial charge < -0.3 is 14.5 Å². The van der Waals surface area contributed by atoms with E-state index >= 15 is 0 Å². The minimum absolute atomic E-state index is 0.158. The normalized spacial score (nSPS) is 10.5. The van der Waals surface area contributed by atoms with Crippen LogP contribution in [0.3, 0.4) is 0 Å². The van der Waals surface area contributed by atoms with Crippen molar-refractivity contribution in [2.75, 3.05) is 11.9 Å². The third-order valence-corrected chi connectivity index (χ3v) is 3.93. The van der Waals surface area contributed by atoms with E-state index in [9.17, 15) is 4.79 Å². The lowest BCUT2D eigenvalue weighted by Gasteiger charge is -2.10. The molecule has 3 aromatic rings. The first-order valence-corrected chi connectivity index (χ1v) is 8.64. The van der Waals surface area contributed by atoms with E-state index in [0.29, 0.717) is 46.8 Å². The van der Waals surface area contributed by atoms with E-state index in [1.807, 2.05) is 37.3 Å². The maximum absolute atomic E-state index is 12.2. The van der Waals surface area contributed by atoms with Crippen LogP contribution in [-0.2, 0) is 11.2 Å². The second-order valence-electron chi connectivity index (χ2n) is 5.46. The first kappa shape index (κ1) is 17.9. The van der Waals surface area contributed by atoms with Crippen molar-refractivity contribution in [2.45, 2.75) is 19.8 Å². The number of aryl methyl sites for hydroxylation is 1. The summed E-state index contributed by atoms with van der Waals surface area (Å²) in [5.74, 6) is 1.21. The molecular formula is C19H18ClN3O3. The van der Waals surface area contributed by atoms with Crippen molar-refractivity contribution < 1.29 is 13.9 Å². The number of ether oxygens (including phenoxy) is 1. The summed E-state index contributed by atoms with van der Waals surface area (Å²) >= 11 is 6.12. The van der Waals surface area contributed by atoms with Crippen molar-refractivity contribution >= 4 is 23.2 Å². The van der Waals surface area contributed by atoms with Crippen LogP contribution in [0.2, 0.25) is 5.02 Å². The topological polar surface area (TPSA) is 77.2 Å². The molecule has 1 heterocycles. The lowest BCUT2D eigenvalue weighted by atomic mass is 10.2. The van der Waals surface area contributed by atoms with E-state index in [4.69, 9.17) is 20.8 Å². The number of hydrogen-bond donors (Lipinski definition) is 1. The molecular weight excluding hydrogens is 354 g/mol. The van der Waals surface area contributed by atoms with Crippen LogP contribution in [0.1, 0.15) is 19.2 Å². The lowest BCUT2D eigenvalue weighted by molar-refractivity contribution is -0.116. The molecule has 0 unspecified atom stereocenters. The van der Waals surface area contributed by atoms with Crippen molar-refractivity contribution in [1.82, 2.24) is 10.2 Å². The van der Waals surface area contributed by atoms with Gasteiger partial charge in [0.2, 0.25) is 17.7 Å². The Labute approximate surface area is 156 Å². The van der Waals surface area contributed by atoms with Gasteiger partial charge in [-0.2, -0.15) is 0 Å². The summed E-state index contributed by atoms with van der Waals surface area (Å²) in [4.78, 5) is 12.2. The molecule has 1 N–H and O–H groups in total.